The van der Waals surface area contributed by atoms with Crippen molar-refractivity contribution in [3.63, 3.8) is 0 Å². The van der Waals surface area contributed by atoms with Crippen LogP contribution in [-0.2, 0) is 0 Å². The van der Waals surface area contributed by atoms with Crippen molar-refractivity contribution in [1.29, 1.82) is 0 Å². The Morgan fingerprint density at radius 1 is 0.800 bits per heavy atom. The lowest BCUT2D eigenvalue weighted by atomic mass is 9.84. The second-order valence-electron chi connectivity index (χ2n) is 3.79. The molecule has 0 saturated heterocycles. The van der Waals surface area contributed by atoms with Crippen LogP contribution in [0.25, 0.3) is 0 Å². The van der Waals surface area contributed by atoms with E-state index in [2.05, 4.69) is 0 Å². The Labute approximate surface area is 88.3 Å². The van der Waals surface area contributed by atoms with Crippen molar-refractivity contribution in [1.82, 2.24) is 0 Å². The topological polar surface area (TPSA) is 60.7 Å². The van der Waals surface area contributed by atoms with E-state index in [1.807, 2.05) is 30.3 Å². The summed E-state index contributed by atoms with van der Waals surface area (Å²) < 4.78 is 0. The largest absolute Gasteiger partial charge is 0.389 e. The molecule has 0 radical (unpaired) electrons. The van der Waals surface area contributed by atoms with E-state index < -0.39 is 18.3 Å². The molecule has 4 atom stereocenters. The average molecular weight is 206 g/mol. The summed E-state index contributed by atoms with van der Waals surface area (Å²) in [5, 5.41) is 28.6. The van der Waals surface area contributed by atoms with Crippen molar-refractivity contribution < 1.29 is 15.3 Å². The number of aliphatic hydroxyl groups is 3. The van der Waals surface area contributed by atoms with Gasteiger partial charge in [-0.25, -0.2) is 0 Å². The van der Waals surface area contributed by atoms with Crippen LogP contribution >= 0.6 is 0 Å². The highest BCUT2D eigenvalue weighted by Gasteiger charge is 2.33. The summed E-state index contributed by atoms with van der Waals surface area (Å²) in [4.78, 5) is 0. The highest BCUT2D eigenvalue weighted by Crippen LogP contribution is 2.28. The van der Waals surface area contributed by atoms with Crippen LogP contribution < -0.4 is 0 Å². The van der Waals surface area contributed by atoms with Crippen LogP contribution in [0.3, 0.4) is 0 Å². The molecule has 0 amide bonds. The Kier molecular flexibility index (Phi) is 2.86. The van der Waals surface area contributed by atoms with E-state index in [1.54, 1.807) is 6.08 Å². The third-order valence-electron chi connectivity index (χ3n) is 2.77. The molecule has 0 bridgehead atoms. The predicted octanol–water partition coefficient (Wildman–Crippen LogP) is 0.423. The fraction of sp³-hybridized carbons (Fsp3) is 0.333. The molecule has 80 valence electrons. The molecule has 0 unspecified atom stereocenters. The molecular weight excluding hydrogens is 192 g/mol. The van der Waals surface area contributed by atoms with Crippen LogP contribution in [0.4, 0.5) is 0 Å². The zero-order valence-corrected chi connectivity index (χ0v) is 8.19. The van der Waals surface area contributed by atoms with Crippen LogP contribution in [0.15, 0.2) is 42.5 Å². The van der Waals surface area contributed by atoms with Gasteiger partial charge in [0.05, 0.1) is 6.10 Å². The van der Waals surface area contributed by atoms with Gasteiger partial charge in [-0.1, -0.05) is 42.5 Å². The van der Waals surface area contributed by atoms with E-state index in [-0.39, 0.29) is 5.92 Å². The number of hydrogen-bond donors (Lipinski definition) is 3. The van der Waals surface area contributed by atoms with Crippen LogP contribution in [0, 0.1) is 0 Å². The van der Waals surface area contributed by atoms with E-state index in [1.165, 1.54) is 6.08 Å². The van der Waals surface area contributed by atoms with Gasteiger partial charge in [0.2, 0.25) is 0 Å². The lowest BCUT2D eigenvalue weighted by Gasteiger charge is -2.31. The van der Waals surface area contributed by atoms with Gasteiger partial charge in [-0.3, -0.25) is 0 Å². The van der Waals surface area contributed by atoms with E-state index in [9.17, 15) is 15.3 Å². The van der Waals surface area contributed by atoms with Crippen LogP contribution in [0.1, 0.15) is 11.5 Å². The van der Waals surface area contributed by atoms with Crippen LogP contribution in [-0.4, -0.2) is 33.6 Å². The molecule has 2 rings (SSSR count). The van der Waals surface area contributed by atoms with Crippen LogP contribution in [0.5, 0.6) is 0 Å². The standard InChI is InChI=1S/C12H14O3/c13-10-7-6-9(11(14)12(10)15)8-4-2-1-3-5-8/h1-7,9-15H/t9-,10-,11+,12+/m0/s1. The summed E-state index contributed by atoms with van der Waals surface area (Å²) in [6.45, 7) is 0. The highest BCUT2D eigenvalue weighted by molar-refractivity contribution is 5.28. The van der Waals surface area contributed by atoms with Gasteiger partial charge in [0, 0.05) is 5.92 Å². The van der Waals surface area contributed by atoms with Gasteiger partial charge in [-0.2, -0.15) is 0 Å². The fourth-order valence-electron chi connectivity index (χ4n) is 1.86. The minimum Gasteiger partial charge on any atom is -0.389 e. The molecule has 0 aromatic heterocycles. The van der Waals surface area contributed by atoms with Gasteiger partial charge in [-0.05, 0) is 5.56 Å². The summed E-state index contributed by atoms with van der Waals surface area (Å²) in [6.07, 6.45) is 0.222. The zero-order chi connectivity index (χ0) is 10.8. The first-order valence-electron chi connectivity index (χ1n) is 4.97. The maximum absolute atomic E-state index is 9.80. The number of rotatable bonds is 1. The molecule has 1 aliphatic carbocycles. The van der Waals surface area contributed by atoms with E-state index in [4.69, 9.17) is 0 Å². The zero-order valence-electron chi connectivity index (χ0n) is 8.19. The maximum atomic E-state index is 9.80. The van der Waals surface area contributed by atoms with E-state index in [0.717, 1.165) is 5.56 Å². The predicted molar refractivity (Wildman–Crippen MR) is 56.3 cm³/mol. The Morgan fingerprint density at radius 3 is 2.13 bits per heavy atom. The van der Waals surface area contributed by atoms with Crippen molar-refractivity contribution in [2.75, 3.05) is 0 Å². The van der Waals surface area contributed by atoms with E-state index in [0.29, 0.717) is 0 Å². The van der Waals surface area contributed by atoms with Crippen molar-refractivity contribution in [2.45, 2.75) is 24.2 Å². The molecule has 3 nitrogen and oxygen atoms in total. The molecule has 15 heavy (non-hydrogen) atoms. The first-order valence-corrected chi connectivity index (χ1v) is 4.97. The van der Waals surface area contributed by atoms with Gasteiger partial charge in [0.1, 0.15) is 12.2 Å². The van der Waals surface area contributed by atoms with Crippen molar-refractivity contribution in [3.05, 3.63) is 48.0 Å². The second-order valence-corrected chi connectivity index (χ2v) is 3.79. The molecule has 0 aliphatic heterocycles. The second kappa shape index (κ2) is 4.14. The number of benzene rings is 1. The summed E-state index contributed by atoms with van der Waals surface area (Å²) in [5.74, 6) is -0.246. The van der Waals surface area contributed by atoms with Crippen molar-refractivity contribution >= 4 is 0 Å². The normalized spacial score (nSPS) is 35.4. The molecule has 0 spiro atoms. The maximum Gasteiger partial charge on any atom is 0.110 e. The summed E-state index contributed by atoms with van der Waals surface area (Å²) >= 11 is 0. The van der Waals surface area contributed by atoms with E-state index >= 15 is 0 Å². The first kappa shape index (κ1) is 10.4. The molecule has 0 heterocycles. The third-order valence-corrected chi connectivity index (χ3v) is 2.77. The van der Waals surface area contributed by atoms with Gasteiger partial charge in [0.25, 0.3) is 0 Å². The van der Waals surface area contributed by atoms with Gasteiger partial charge in [-0.15, -0.1) is 0 Å². The molecule has 1 aromatic rings. The van der Waals surface area contributed by atoms with Crippen molar-refractivity contribution in [2.24, 2.45) is 0 Å². The number of aliphatic hydroxyl groups excluding tert-OH is 3. The molecule has 1 aliphatic rings. The Morgan fingerprint density at radius 2 is 1.47 bits per heavy atom. The third kappa shape index (κ3) is 1.95. The Bertz CT molecular complexity index is 347. The Hall–Kier alpha value is -1.16. The molecule has 0 saturated carbocycles. The monoisotopic (exact) mass is 206 g/mol. The average Bonchev–Trinajstić information content (AvgIpc) is 2.27. The van der Waals surface area contributed by atoms with Gasteiger partial charge >= 0.3 is 0 Å². The summed E-state index contributed by atoms with van der Waals surface area (Å²) in [6, 6.07) is 9.44. The SMILES string of the molecule is O[C@H]1[C@H](O)[C@H](c2ccccc2)C=C[C@@H]1O. The highest BCUT2D eigenvalue weighted by atomic mass is 16.4. The molecule has 3 N–H and O–H groups in total. The molecular formula is C12H14O3. The lowest BCUT2D eigenvalue weighted by molar-refractivity contribution is -0.0530. The lowest BCUT2D eigenvalue weighted by Crippen LogP contribution is -2.42. The minimum atomic E-state index is -1.11. The summed E-state index contributed by atoms with van der Waals surface area (Å²) in [7, 11) is 0. The van der Waals surface area contributed by atoms with Crippen molar-refractivity contribution in [3.8, 4) is 0 Å². The molecule has 0 fully saturated rings. The fourth-order valence-corrected chi connectivity index (χ4v) is 1.86. The smallest absolute Gasteiger partial charge is 0.110 e. The van der Waals surface area contributed by atoms with Gasteiger partial charge in [0.15, 0.2) is 0 Å². The molecule has 3 heteroatoms. The van der Waals surface area contributed by atoms with Crippen LogP contribution in [0.2, 0.25) is 0 Å². The number of hydrogen-bond acceptors (Lipinski definition) is 3. The molecule has 1 aromatic carbocycles. The Balaban J connectivity index is 2.28. The quantitative estimate of drug-likeness (QED) is 0.584. The minimum absolute atomic E-state index is 0.246. The van der Waals surface area contributed by atoms with Gasteiger partial charge < -0.3 is 15.3 Å². The summed E-state index contributed by atoms with van der Waals surface area (Å²) in [5.41, 5.74) is 0.937. The first-order chi connectivity index (χ1) is 7.20.